The van der Waals surface area contributed by atoms with E-state index in [4.69, 9.17) is 0 Å². The molecule has 0 aliphatic rings. The maximum atomic E-state index is 13.9. The Balaban J connectivity index is 7.34. The van der Waals surface area contributed by atoms with Crippen molar-refractivity contribution >= 4 is 15.9 Å². The molecular weight excluding hydrogens is 568 g/mol. The fraction of sp³-hybridized carbons (Fsp3) is 0.941. The van der Waals surface area contributed by atoms with Gasteiger partial charge < -0.3 is 4.74 Å². The zero-order chi connectivity index (χ0) is 30.3. The normalized spacial score (nSPS) is 16.8. The van der Waals surface area contributed by atoms with Gasteiger partial charge in [-0.15, -0.1) is 13.2 Å². The number of hydrogen-bond donors (Lipinski definition) is 2. The van der Waals surface area contributed by atoms with Crippen LogP contribution in [-0.2, 0) is 29.0 Å². The lowest BCUT2D eigenvalue weighted by molar-refractivity contribution is -0.494. The molecule has 0 heterocycles. The highest BCUT2D eigenvalue weighted by molar-refractivity contribution is 7.90. The van der Waals surface area contributed by atoms with E-state index in [1.807, 2.05) is 5.43 Å². The quantitative estimate of drug-likeness (QED) is 0.154. The predicted molar refractivity (Wildman–Crippen MR) is 114 cm³/mol. The van der Waals surface area contributed by atoms with Gasteiger partial charge in [-0.3, -0.25) is 19.7 Å². The average Bonchev–Trinajstić information content (AvgIpc) is 2.75. The molecule has 0 aromatic rings. The molecule has 0 radical (unpaired) electrons. The van der Waals surface area contributed by atoms with Gasteiger partial charge in [-0.25, -0.2) is 23.6 Å². The molecule has 0 spiro atoms. The zero-order valence-electron chi connectivity index (χ0n) is 21.6. The molecule has 228 valence electrons. The fourth-order valence-electron chi connectivity index (χ4n) is 2.90. The molecule has 0 aliphatic heterocycles. The summed E-state index contributed by atoms with van der Waals surface area (Å²) in [5.74, 6) is -7.42. The number of rotatable bonds is 16. The number of carbonyl (C=O) groups excluding carboxylic acids is 1. The summed E-state index contributed by atoms with van der Waals surface area (Å²) in [6.45, 7) is -2.28. The highest BCUT2D eigenvalue weighted by Gasteiger charge is 2.60. The Hall–Kier alpha value is -1.46. The topological polar surface area (TPSA) is 116 Å². The van der Waals surface area contributed by atoms with E-state index < -0.39 is 52.7 Å². The van der Waals surface area contributed by atoms with Gasteiger partial charge in [-0.2, -0.15) is 27.1 Å². The van der Waals surface area contributed by atoms with E-state index in [9.17, 15) is 48.3 Å². The van der Waals surface area contributed by atoms with E-state index in [0.29, 0.717) is 0 Å². The highest BCUT2D eigenvalue weighted by atomic mass is 32.2. The van der Waals surface area contributed by atoms with Gasteiger partial charge in [-0.05, 0) is 32.1 Å². The first-order chi connectivity index (χ1) is 17.1. The molecular formula is C17H32F8N6O6S. The summed E-state index contributed by atoms with van der Waals surface area (Å²) in [6.07, 6.45) is -11.5. The van der Waals surface area contributed by atoms with Crippen LogP contribution in [0.4, 0.5) is 35.1 Å². The number of amides is 1. The Morgan fingerprint density at radius 1 is 1.00 bits per heavy atom. The first kappa shape index (κ1) is 36.5. The summed E-state index contributed by atoms with van der Waals surface area (Å²) in [7, 11) is -1.67. The van der Waals surface area contributed by atoms with Crippen molar-refractivity contribution in [3.05, 3.63) is 0 Å². The molecule has 0 saturated carbocycles. The van der Waals surface area contributed by atoms with Gasteiger partial charge in [0.05, 0.1) is 0 Å². The van der Waals surface area contributed by atoms with Gasteiger partial charge in [-0.1, -0.05) is 20.8 Å². The van der Waals surface area contributed by atoms with E-state index in [0.717, 1.165) is 23.9 Å². The summed E-state index contributed by atoms with van der Waals surface area (Å²) in [6, 6.07) is 0. The number of sulfonamides is 1. The second-order valence-corrected chi connectivity index (χ2v) is 9.57. The number of nitrogens with zero attached hydrogens (tertiary/aromatic N) is 4. The van der Waals surface area contributed by atoms with E-state index >= 15 is 0 Å². The van der Waals surface area contributed by atoms with Crippen molar-refractivity contribution in [3.8, 4) is 0 Å². The molecule has 2 N–H and O–H groups in total. The number of carbonyl (C=O) groups is 1. The molecule has 0 aromatic heterocycles. The number of alkyl halides is 8. The Labute approximate surface area is 214 Å². The van der Waals surface area contributed by atoms with Crippen LogP contribution in [0.5, 0.6) is 0 Å². The summed E-state index contributed by atoms with van der Waals surface area (Å²) < 4.78 is 143. The van der Waals surface area contributed by atoms with Gasteiger partial charge in [0.15, 0.2) is 4.99 Å². The van der Waals surface area contributed by atoms with Gasteiger partial charge in [0.2, 0.25) is 0 Å². The molecule has 1 amide bonds. The molecule has 0 fully saturated rings. The summed E-state index contributed by atoms with van der Waals surface area (Å²) in [4.78, 5) is 12.3. The Kier molecular flexibility index (Phi) is 13.2. The van der Waals surface area contributed by atoms with Crippen LogP contribution in [0.15, 0.2) is 0 Å². The smallest absolute Gasteiger partial charge is 0.310 e. The van der Waals surface area contributed by atoms with Crippen LogP contribution in [-0.4, -0.2) is 111 Å². The van der Waals surface area contributed by atoms with Crippen LogP contribution in [0.1, 0.15) is 27.7 Å². The Morgan fingerprint density at radius 2 is 1.50 bits per heavy atom. The molecule has 2 unspecified atom stereocenters. The lowest BCUT2D eigenvalue weighted by atomic mass is 10.5. The number of nitrogens with one attached hydrogen (secondary N) is 2. The Bertz CT molecular complexity index is 861. The molecule has 0 aromatic carbocycles. The molecule has 21 heteroatoms. The third kappa shape index (κ3) is 9.05. The van der Waals surface area contributed by atoms with Crippen LogP contribution in [0, 0.1) is 0 Å². The minimum Gasteiger partial charge on any atom is -0.310 e. The minimum absolute atomic E-state index is 0.00217. The zero-order valence-corrected chi connectivity index (χ0v) is 22.4. The van der Waals surface area contributed by atoms with E-state index in [2.05, 4.69) is 19.5 Å². The maximum absolute atomic E-state index is 13.9. The molecule has 12 nitrogen and oxygen atoms in total. The monoisotopic (exact) mass is 600 g/mol. The molecule has 38 heavy (non-hydrogen) atoms. The second-order valence-electron chi connectivity index (χ2n) is 7.50. The van der Waals surface area contributed by atoms with Crippen LogP contribution in [0.25, 0.3) is 0 Å². The largest absolute Gasteiger partial charge is 0.527 e. The van der Waals surface area contributed by atoms with Crippen LogP contribution < -0.4 is 10.7 Å². The van der Waals surface area contributed by atoms with Crippen molar-refractivity contribution in [1.29, 1.82) is 0 Å². The number of halogens is 8. The minimum atomic E-state index is -6.09. The first-order valence-corrected chi connectivity index (χ1v) is 12.2. The lowest BCUT2D eigenvalue weighted by Gasteiger charge is -2.47. The van der Waals surface area contributed by atoms with Crippen molar-refractivity contribution in [2.45, 2.75) is 57.8 Å². The van der Waals surface area contributed by atoms with Crippen molar-refractivity contribution in [1.82, 2.24) is 30.3 Å². The lowest BCUT2D eigenvalue weighted by Crippen LogP contribution is -2.73. The number of hydrogen-bond acceptors (Lipinski definition) is 10. The second kappa shape index (κ2) is 13.7. The van der Waals surface area contributed by atoms with Crippen molar-refractivity contribution in [2.75, 3.05) is 47.4 Å². The SMILES string of the molecule is CCNC(C)(N(C)C)S(=O)(=O)N(N(CC)CC)N(NC)C(=O)C(OCC(F)(F)F)(OC(F)F)OC(F)(F)F. The molecule has 0 rings (SSSR count). The first-order valence-electron chi connectivity index (χ1n) is 10.8. The third-order valence-corrected chi connectivity index (χ3v) is 7.14. The van der Waals surface area contributed by atoms with Crippen molar-refractivity contribution in [3.63, 3.8) is 0 Å². The average molecular weight is 601 g/mol. The van der Waals surface area contributed by atoms with Gasteiger partial charge in [0.25, 0.3) is 10.0 Å². The van der Waals surface area contributed by atoms with E-state index in [1.165, 1.54) is 34.9 Å². The van der Waals surface area contributed by atoms with Crippen molar-refractivity contribution in [2.24, 2.45) is 0 Å². The van der Waals surface area contributed by atoms with E-state index in [-0.39, 0.29) is 29.3 Å². The summed E-state index contributed by atoms with van der Waals surface area (Å²) >= 11 is 0. The molecule has 2 atom stereocenters. The number of hydrazine groups is 3. The van der Waals surface area contributed by atoms with Gasteiger partial charge in [0.1, 0.15) is 6.61 Å². The molecule has 0 saturated heterocycles. The third-order valence-electron chi connectivity index (χ3n) is 4.80. The van der Waals surface area contributed by atoms with Gasteiger partial charge >= 0.3 is 31.0 Å². The highest BCUT2D eigenvalue weighted by Crippen LogP contribution is 2.34. The molecule has 0 bridgehead atoms. The summed E-state index contributed by atoms with van der Waals surface area (Å²) in [5.41, 5.74) is 1.88. The fourth-order valence-corrected chi connectivity index (χ4v) is 4.91. The van der Waals surface area contributed by atoms with Gasteiger partial charge in [0, 0.05) is 20.1 Å². The Morgan fingerprint density at radius 3 is 1.82 bits per heavy atom. The van der Waals surface area contributed by atoms with E-state index in [1.54, 1.807) is 0 Å². The van der Waals surface area contributed by atoms with Crippen LogP contribution in [0.3, 0.4) is 0 Å². The van der Waals surface area contributed by atoms with Crippen molar-refractivity contribution < 1.29 is 62.5 Å². The number of ether oxygens (including phenoxy) is 3. The summed E-state index contributed by atoms with van der Waals surface area (Å²) in [5, 5.41) is 3.16. The predicted octanol–water partition coefficient (Wildman–Crippen LogP) is 1.61. The van der Waals surface area contributed by atoms with Crippen LogP contribution >= 0.6 is 0 Å². The van der Waals surface area contributed by atoms with Crippen LogP contribution in [0.2, 0.25) is 0 Å². The standard InChI is InChI=1S/C17H32F8N6O6S/c1-8-27-14(4,28(6)7)38(33,34)31(29(9-2)10-3)30(26-5)12(32)16(36-13(18)19,37-17(23,24)25)35-11-15(20,21)22/h13,26-27H,8-11H2,1-7H3. The maximum Gasteiger partial charge on any atom is 0.527 e. The molecule has 0 aliphatic carbocycles.